The van der Waals surface area contributed by atoms with Crippen LogP contribution in [0.25, 0.3) is 10.4 Å². The summed E-state index contributed by atoms with van der Waals surface area (Å²) in [6, 6.07) is 11.1. The summed E-state index contributed by atoms with van der Waals surface area (Å²) in [4.78, 5) is 15.4. The van der Waals surface area contributed by atoms with Gasteiger partial charge in [0.2, 0.25) is 10.0 Å². The van der Waals surface area contributed by atoms with Gasteiger partial charge < -0.3 is 4.74 Å². The number of hydroxylamine groups is 1. The van der Waals surface area contributed by atoms with Crippen LogP contribution in [0.2, 0.25) is 0 Å². The predicted molar refractivity (Wildman–Crippen MR) is 135 cm³/mol. The van der Waals surface area contributed by atoms with E-state index in [-0.39, 0.29) is 29.6 Å². The molecule has 0 radical (unpaired) electrons. The highest BCUT2D eigenvalue weighted by molar-refractivity contribution is 7.91. The average molecular weight is 559 g/mol. The Kier molecular flexibility index (Phi) is 8.78. The minimum Gasteiger partial charge on any atom is -0.379 e. The standard InChI is InChI=1S/C22H30N4O7S3/c27-22(23-28)19-17-25(35(29,30)16-4-9-24-12-14-33-15-13-24)10-11-26(19)36(31,32)21-8-7-20(34-21)18-5-2-1-3-6-18/h1-3,5-8,19,28H,4,9-17H2,(H,23,27)/t19-/m1/s1. The Morgan fingerprint density at radius 2 is 1.75 bits per heavy atom. The normalized spacial score (nSPS) is 20.9. The predicted octanol–water partition coefficient (Wildman–Crippen LogP) is 0.648. The number of rotatable bonds is 9. The quantitative estimate of drug-likeness (QED) is 0.338. The van der Waals surface area contributed by atoms with Crippen molar-refractivity contribution in [2.75, 3.05) is 58.2 Å². The van der Waals surface area contributed by atoms with E-state index < -0.39 is 32.0 Å². The van der Waals surface area contributed by atoms with Crippen LogP contribution in [-0.4, -0.2) is 106 Å². The Morgan fingerprint density at radius 1 is 1.03 bits per heavy atom. The molecule has 0 aliphatic carbocycles. The first-order chi connectivity index (χ1) is 17.2. The van der Waals surface area contributed by atoms with Crippen molar-refractivity contribution in [1.82, 2.24) is 19.0 Å². The lowest BCUT2D eigenvalue weighted by atomic mass is 10.2. The SMILES string of the molecule is O=C(NO)[C@H]1CN(S(=O)(=O)CCCN2CCOCC2)CCN1S(=O)(=O)c1ccc(-c2ccccc2)s1. The molecule has 2 aliphatic rings. The maximum absolute atomic E-state index is 13.5. The first kappa shape index (κ1) is 27.1. The van der Waals surface area contributed by atoms with E-state index in [0.717, 1.165) is 43.5 Å². The van der Waals surface area contributed by atoms with E-state index in [1.165, 1.54) is 11.5 Å². The number of benzene rings is 1. The number of hydrogen-bond donors (Lipinski definition) is 2. The van der Waals surface area contributed by atoms with Crippen LogP contribution in [-0.2, 0) is 29.6 Å². The van der Waals surface area contributed by atoms with Crippen LogP contribution >= 0.6 is 11.3 Å². The number of morpholine rings is 1. The van der Waals surface area contributed by atoms with Gasteiger partial charge in [-0.05, 0) is 30.7 Å². The van der Waals surface area contributed by atoms with Gasteiger partial charge in [-0.1, -0.05) is 30.3 Å². The molecule has 2 saturated heterocycles. The molecule has 3 heterocycles. The molecule has 1 amide bonds. The number of nitrogens with one attached hydrogen (secondary N) is 1. The van der Waals surface area contributed by atoms with Gasteiger partial charge in [-0.3, -0.25) is 14.9 Å². The largest absolute Gasteiger partial charge is 0.379 e. The summed E-state index contributed by atoms with van der Waals surface area (Å²) in [6.45, 7) is 2.71. The fraction of sp³-hybridized carbons (Fsp3) is 0.500. The second kappa shape index (κ2) is 11.6. The molecule has 0 bridgehead atoms. The third-order valence-electron chi connectivity index (χ3n) is 6.28. The molecule has 1 aromatic carbocycles. The lowest BCUT2D eigenvalue weighted by Crippen LogP contribution is -2.61. The van der Waals surface area contributed by atoms with Crippen molar-refractivity contribution >= 4 is 37.3 Å². The number of carbonyl (C=O) groups is 1. The van der Waals surface area contributed by atoms with Crippen molar-refractivity contribution in [3.05, 3.63) is 42.5 Å². The van der Waals surface area contributed by atoms with Crippen LogP contribution in [0, 0.1) is 0 Å². The Labute approximate surface area is 215 Å². The molecule has 14 heteroatoms. The van der Waals surface area contributed by atoms with E-state index in [1.807, 2.05) is 30.3 Å². The minimum absolute atomic E-state index is 0.0407. The number of sulfonamides is 2. The highest BCUT2D eigenvalue weighted by Gasteiger charge is 2.43. The minimum atomic E-state index is -4.11. The molecule has 11 nitrogen and oxygen atoms in total. The third-order valence-corrected chi connectivity index (χ3v) is 11.7. The fourth-order valence-corrected chi connectivity index (χ4v) is 8.82. The lowest BCUT2D eigenvalue weighted by Gasteiger charge is -2.38. The first-order valence-corrected chi connectivity index (χ1v) is 15.5. The summed E-state index contributed by atoms with van der Waals surface area (Å²) in [5, 5.41) is 9.27. The zero-order valence-electron chi connectivity index (χ0n) is 19.7. The fourth-order valence-electron chi connectivity index (χ4n) is 4.33. The molecular formula is C22H30N4O7S3. The molecular weight excluding hydrogens is 528 g/mol. The molecule has 4 rings (SSSR count). The summed E-state index contributed by atoms with van der Waals surface area (Å²) in [5.41, 5.74) is 2.36. The number of thiophene rings is 1. The van der Waals surface area contributed by atoms with Gasteiger partial charge in [-0.25, -0.2) is 22.3 Å². The maximum atomic E-state index is 13.5. The van der Waals surface area contributed by atoms with E-state index in [1.54, 1.807) is 6.07 Å². The van der Waals surface area contributed by atoms with E-state index in [2.05, 4.69) is 4.90 Å². The summed E-state index contributed by atoms with van der Waals surface area (Å²) < 4.78 is 60.4. The molecule has 36 heavy (non-hydrogen) atoms. The summed E-state index contributed by atoms with van der Waals surface area (Å²) in [6.07, 6.45) is 0.412. The number of ether oxygens (including phenoxy) is 1. The number of piperazine rings is 1. The van der Waals surface area contributed by atoms with Crippen LogP contribution in [0.15, 0.2) is 46.7 Å². The summed E-state index contributed by atoms with van der Waals surface area (Å²) in [5.74, 6) is -1.10. The number of hydrogen-bond acceptors (Lipinski definition) is 9. The second-order valence-electron chi connectivity index (χ2n) is 8.57. The Bertz CT molecular complexity index is 1250. The highest BCUT2D eigenvalue weighted by Crippen LogP contribution is 2.33. The van der Waals surface area contributed by atoms with Gasteiger partial charge in [0.25, 0.3) is 15.9 Å². The molecule has 1 aromatic heterocycles. The van der Waals surface area contributed by atoms with E-state index in [4.69, 9.17) is 4.74 Å². The third kappa shape index (κ3) is 6.14. The lowest BCUT2D eigenvalue weighted by molar-refractivity contribution is -0.134. The topological polar surface area (TPSA) is 137 Å². The van der Waals surface area contributed by atoms with E-state index in [0.29, 0.717) is 26.2 Å². The molecule has 2 aliphatic heterocycles. The molecule has 2 N–H and O–H groups in total. The van der Waals surface area contributed by atoms with Gasteiger partial charge in [-0.2, -0.15) is 8.61 Å². The van der Waals surface area contributed by atoms with Gasteiger partial charge in [0.05, 0.1) is 19.0 Å². The Balaban J connectivity index is 1.47. The van der Waals surface area contributed by atoms with Crippen LogP contribution in [0.3, 0.4) is 0 Å². The van der Waals surface area contributed by atoms with Crippen molar-refractivity contribution < 1.29 is 31.6 Å². The summed E-state index contributed by atoms with van der Waals surface area (Å²) in [7, 11) is -7.84. The van der Waals surface area contributed by atoms with Crippen molar-refractivity contribution in [3.63, 3.8) is 0 Å². The van der Waals surface area contributed by atoms with Gasteiger partial charge in [-0.15, -0.1) is 11.3 Å². The van der Waals surface area contributed by atoms with Gasteiger partial charge in [0.15, 0.2) is 0 Å². The molecule has 2 fully saturated rings. The first-order valence-electron chi connectivity index (χ1n) is 11.6. The number of carbonyl (C=O) groups excluding carboxylic acids is 1. The molecule has 2 aromatic rings. The zero-order valence-corrected chi connectivity index (χ0v) is 22.1. The van der Waals surface area contributed by atoms with Crippen molar-refractivity contribution in [1.29, 1.82) is 0 Å². The van der Waals surface area contributed by atoms with Crippen LogP contribution in [0.1, 0.15) is 6.42 Å². The van der Waals surface area contributed by atoms with Crippen LogP contribution in [0.4, 0.5) is 0 Å². The number of nitrogens with zero attached hydrogens (tertiary/aromatic N) is 3. The van der Waals surface area contributed by atoms with Gasteiger partial charge in [0, 0.05) is 37.6 Å². The highest BCUT2D eigenvalue weighted by atomic mass is 32.2. The molecule has 0 spiro atoms. The molecule has 0 saturated carbocycles. The Morgan fingerprint density at radius 3 is 2.44 bits per heavy atom. The van der Waals surface area contributed by atoms with Gasteiger partial charge >= 0.3 is 0 Å². The van der Waals surface area contributed by atoms with Crippen molar-refractivity contribution in [2.24, 2.45) is 0 Å². The molecule has 198 valence electrons. The number of amides is 1. The van der Waals surface area contributed by atoms with Crippen molar-refractivity contribution in [3.8, 4) is 10.4 Å². The zero-order chi connectivity index (χ0) is 25.8. The molecule has 1 atom stereocenters. The van der Waals surface area contributed by atoms with E-state index in [9.17, 15) is 26.8 Å². The maximum Gasteiger partial charge on any atom is 0.263 e. The Hall–Kier alpha value is -1.91. The van der Waals surface area contributed by atoms with Crippen molar-refractivity contribution in [2.45, 2.75) is 16.7 Å². The second-order valence-corrected chi connectivity index (χ2v) is 13.9. The van der Waals surface area contributed by atoms with Crippen LogP contribution in [0.5, 0.6) is 0 Å². The van der Waals surface area contributed by atoms with Crippen LogP contribution < -0.4 is 5.48 Å². The summed E-state index contributed by atoms with van der Waals surface area (Å²) >= 11 is 1.07. The molecule has 0 unspecified atom stereocenters. The monoisotopic (exact) mass is 558 g/mol. The van der Waals surface area contributed by atoms with Gasteiger partial charge in [0.1, 0.15) is 10.3 Å². The van der Waals surface area contributed by atoms with E-state index >= 15 is 0 Å². The average Bonchev–Trinajstić information content (AvgIpc) is 3.40. The smallest absolute Gasteiger partial charge is 0.263 e.